The summed E-state index contributed by atoms with van der Waals surface area (Å²) >= 11 is 0. The zero-order chi connectivity index (χ0) is 24.3. The van der Waals surface area contributed by atoms with Gasteiger partial charge in [0.15, 0.2) is 0 Å². The van der Waals surface area contributed by atoms with E-state index >= 15 is 0 Å². The smallest absolute Gasteiger partial charge is 0.330 e. The Labute approximate surface area is 200 Å². The van der Waals surface area contributed by atoms with E-state index in [0.29, 0.717) is 29.1 Å². The van der Waals surface area contributed by atoms with Gasteiger partial charge in [-0.15, -0.1) is 0 Å². The van der Waals surface area contributed by atoms with E-state index in [2.05, 4.69) is 41.5 Å². The Morgan fingerprint density at radius 1 is 1.12 bits per heavy atom. The number of rotatable bonds is 5. The normalized spacial score (nSPS) is 36.9. The summed E-state index contributed by atoms with van der Waals surface area (Å²) in [5, 5.41) is 9.14. The maximum atomic E-state index is 12.8. The summed E-state index contributed by atoms with van der Waals surface area (Å²) in [7, 11) is 0. The van der Waals surface area contributed by atoms with Gasteiger partial charge in [-0.2, -0.15) is 0 Å². The van der Waals surface area contributed by atoms with E-state index in [4.69, 9.17) is 5.11 Å². The van der Waals surface area contributed by atoms with Gasteiger partial charge >= 0.3 is 5.97 Å². The van der Waals surface area contributed by atoms with Crippen molar-refractivity contribution in [1.29, 1.82) is 0 Å². The van der Waals surface area contributed by atoms with Crippen molar-refractivity contribution in [3.8, 4) is 0 Å². The molecule has 0 saturated heterocycles. The summed E-state index contributed by atoms with van der Waals surface area (Å²) in [5.74, 6) is 1.18. The monoisotopic (exact) mass is 452 g/mol. The average Bonchev–Trinajstić information content (AvgIpc) is 3.11. The molecule has 0 aliphatic heterocycles. The van der Waals surface area contributed by atoms with Crippen molar-refractivity contribution < 1.29 is 14.7 Å². The highest BCUT2D eigenvalue weighted by Gasteiger charge is 2.58. The van der Waals surface area contributed by atoms with Crippen LogP contribution >= 0.6 is 0 Å². The maximum Gasteiger partial charge on any atom is 0.330 e. The molecule has 1 fully saturated rings. The lowest BCUT2D eigenvalue weighted by molar-refractivity contribution is -0.139. The SMILES string of the molecule is C/C(=C\CC[C@@H](C)C1=C2[C@H](C)CC3=C(CC[C@H]4C(C)(C)C(=O)CC[C@]34C)[C@]2(C)CC1)C(=O)O. The second-order valence-corrected chi connectivity index (χ2v) is 12.7. The van der Waals surface area contributed by atoms with E-state index in [1.165, 1.54) is 12.8 Å². The van der Waals surface area contributed by atoms with Crippen molar-refractivity contribution in [3.05, 3.63) is 33.9 Å². The van der Waals surface area contributed by atoms with Gasteiger partial charge in [-0.3, -0.25) is 4.79 Å². The minimum Gasteiger partial charge on any atom is -0.478 e. The lowest BCUT2D eigenvalue weighted by atomic mass is 9.45. The number of hydrogen-bond acceptors (Lipinski definition) is 2. The first kappa shape index (κ1) is 24.5. The fourth-order valence-corrected chi connectivity index (χ4v) is 8.56. The van der Waals surface area contributed by atoms with Crippen molar-refractivity contribution in [1.82, 2.24) is 0 Å². The summed E-state index contributed by atoms with van der Waals surface area (Å²) in [4.78, 5) is 23.9. The molecule has 1 saturated carbocycles. The van der Waals surface area contributed by atoms with Gasteiger partial charge in [-0.1, -0.05) is 69.9 Å². The third-order valence-electron chi connectivity index (χ3n) is 10.5. The minimum atomic E-state index is -0.810. The summed E-state index contributed by atoms with van der Waals surface area (Å²) in [6.07, 6.45) is 11.4. The Bertz CT molecular complexity index is 961. The second kappa shape index (κ2) is 8.24. The second-order valence-electron chi connectivity index (χ2n) is 12.7. The number of carbonyl (C=O) groups is 2. The fourth-order valence-electron chi connectivity index (χ4n) is 8.56. The zero-order valence-electron chi connectivity index (χ0n) is 21.9. The molecule has 3 nitrogen and oxygen atoms in total. The molecule has 0 spiro atoms. The Morgan fingerprint density at radius 3 is 2.48 bits per heavy atom. The van der Waals surface area contributed by atoms with Gasteiger partial charge in [0, 0.05) is 22.8 Å². The van der Waals surface area contributed by atoms with Gasteiger partial charge in [0.2, 0.25) is 0 Å². The molecule has 4 aliphatic carbocycles. The molecule has 182 valence electrons. The van der Waals surface area contributed by atoms with E-state index in [-0.39, 0.29) is 16.2 Å². The van der Waals surface area contributed by atoms with Crippen LogP contribution < -0.4 is 0 Å². The van der Waals surface area contributed by atoms with Crippen LogP contribution in [0.4, 0.5) is 0 Å². The predicted molar refractivity (Wildman–Crippen MR) is 134 cm³/mol. The standard InChI is InChI=1S/C30H44O3/c1-18(9-8-10-19(2)27(32)33)21-13-15-30(7)22-11-12-24-28(4,5)25(31)14-16-29(24,6)23(22)17-20(3)26(21)30/h10,18,20,24H,8-9,11-17H2,1-7H3,(H,32,33)/b19-10+/t18-,20-,24+,29-,30+/m1/s1. The van der Waals surface area contributed by atoms with Crippen molar-refractivity contribution >= 4 is 11.8 Å². The van der Waals surface area contributed by atoms with Crippen molar-refractivity contribution in [2.45, 2.75) is 106 Å². The Morgan fingerprint density at radius 2 is 1.82 bits per heavy atom. The van der Waals surface area contributed by atoms with Crippen molar-refractivity contribution in [3.63, 3.8) is 0 Å². The number of fused-ring (bicyclic) bond motifs is 4. The molecule has 1 N–H and O–H groups in total. The first-order valence-electron chi connectivity index (χ1n) is 13.2. The Hall–Kier alpha value is -1.64. The predicted octanol–water partition coefficient (Wildman–Crippen LogP) is 7.67. The third-order valence-corrected chi connectivity index (χ3v) is 10.5. The fraction of sp³-hybridized carbons (Fsp3) is 0.733. The largest absolute Gasteiger partial charge is 0.478 e. The molecule has 0 amide bonds. The molecule has 33 heavy (non-hydrogen) atoms. The molecule has 3 heteroatoms. The Kier molecular flexibility index (Phi) is 6.11. The van der Waals surface area contributed by atoms with Crippen LogP contribution in [0.5, 0.6) is 0 Å². The molecular formula is C30H44O3. The van der Waals surface area contributed by atoms with E-state index in [1.54, 1.807) is 29.2 Å². The zero-order valence-corrected chi connectivity index (χ0v) is 21.9. The minimum absolute atomic E-state index is 0.168. The van der Waals surface area contributed by atoms with E-state index in [9.17, 15) is 9.59 Å². The van der Waals surface area contributed by atoms with Gasteiger partial charge < -0.3 is 5.11 Å². The van der Waals surface area contributed by atoms with Gasteiger partial charge in [0.05, 0.1) is 0 Å². The number of allylic oxidation sites excluding steroid dienone is 5. The molecule has 0 unspecified atom stereocenters. The first-order chi connectivity index (χ1) is 15.3. The van der Waals surface area contributed by atoms with Crippen LogP contribution in [-0.2, 0) is 9.59 Å². The van der Waals surface area contributed by atoms with Gasteiger partial charge in [-0.05, 0) is 81.5 Å². The number of carboxylic acids is 1. The van der Waals surface area contributed by atoms with Crippen molar-refractivity contribution in [2.75, 3.05) is 0 Å². The number of hydrogen-bond donors (Lipinski definition) is 1. The number of Topliss-reactive ketones (excluding diaryl/α,β-unsaturated/α-hetero) is 1. The van der Waals surface area contributed by atoms with Gasteiger partial charge in [-0.25, -0.2) is 4.79 Å². The highest BCUT2D eigenvalue weighted by atomic mass is 16.4. The molecule has 5 atom stereocenters. The highest BCUT2D eigenvalue weighted by Crippen LogP contribution is 2.67. The van der Waals surface area contributed by atoms with Gasteiger partial charge in [0.1, 0.15) is 5.78 Å². The maximum absolute atomic E-state index is 12.8. The number of ketones is 1. The topological polar surface area (TPSA) is 54.4 Å². The molecule has 0 aromatic heterocycles. The molecule has 0 aromatic rings. The van der Waals surface area contributed by atoms with Crippen LogP contribution in [0, 0.1) is 34.0 Å². The molecule has 0 radical (unpaired) electrons. The summed E-state index contributed by atoms with van der Waals surface area (Å²) in [6, 6.07) is 0. The van der Waals surface area contributed by atoms with Crippen LogP contribution in [0.1, 0.15) is 106 Å². The number of carboxylic acid groups (broad SMARTS) is 1. The summed E-state index contributed by atoms with van der Waals surface area (Å²) in [5.41, 5.74) is 7.41. The van der Waals surface area contributed by atoms with Crippen LogP contribution in [0.3, 0.4) is 0 Å². The van der Waals surface area contributed by atoms with E-state index < -0.39 is 5.97 Å². The third kappa shape index (κ3) is 3.69. The molecule has 0 heterocycles. The lowest BCUT2D eigenvalue weighted by Crippen LogP contribution is -2.52. The quantitative estimate of drug-likeness (QED) is 0.344. The lowest BCUT2D eigenvalue weighted by Gasteiger charge is -2.58. The molecule has 0 aromatic carbocycles. The summed E-state index contributed by atoms with van der Waals surface area (Å²) in [6.45, 7) is 15.9. The Balaban J connectivity index is 1.67. The van der Waals surface area contributed by atoms with E-state index in [1.807, 2.05) is 6.08 Å². The van der Waals surface area contributed by atoms with Crippen LogP contribution in [-0.4, -0.2) is 16.9 Å². The number of aliphatic carboxylic acids is 1. The first-order valence-corrected chi connectivity index (χ1v) is 13.2. The van der Waals surface area contributed by atoms with E-state index in [0.717, 1.165) is 44.9 Å². The molecule has 4 aliphatic rings. The number of carbonyl (C=O) groups excluding carboxylic acids is 1. The molecule has 0 bridgehead atoms. The van der Waals surface area contributed by atoms with Crippen molar-refractivity contribution in [2.24, 2.45) is 34.0 Å². The summed E-state index contributed by atoms with van der Waals surface area (Å²) < 4.78 is 0. The molecular weight excluding hydrogens is 408 g/mol. The highest BCUT2D eigenvalue weighted by molar-refractivity contribution is 5.86. The van der Waals surface area contributed by atoms with Crippen LogP contribution in [0.25, 0.3) is 0 Å². The van der Waals surface area contributed by atoms with Crippen LogP contribution in [0.2, 0.25) is 0 Å². The molecule has 4 rings (SSSR count). The van der Waals surface area contributed by atoms with Crippen LogP contribution in [0.15, 0.2) is 33.9 Å². The average molecular weight is 453 g/mol. The van der Waals surface area contributed by atoms with Gasteiger partial charge in [0.25, 0.3) is 0 Å².